The zero-order valence-corrected chi connectivity index (χ0v) is 26.9. The Hall–Kier alpha value is -4.36. The molecule has 0 aromatic heterocycles. The van der Waals surface area contributed by atoms with Gasteiger partial charge in [-0.05, 0) is 27.8 Å². The molecule has 5 nitrogen and oxygen atoms in total. The fraction of sp³-hybridized carbons (Fsp3) is 0.238. The van der Waals surface area contributed by atoms with Gasteiger partial charge >= 0.3 is 0 Å². The number of aliphatic hydroxyl groups is 1. The Bertz CT molecular complexity index is 1510. The van der Waals surface area contributed by atoms with Crippen molar-refractivity contribution in [2.24, 2.45) is 0 Å². The van der Waals surface area contributed by atoms with E-state index in [1.165, 1.54) is 11.1 Å². The van der Waals surface area contributed by atoms with Crippen LogP contribution in [0.1, 0.15) is 27.8 Å². The number of aliphatic hydroxyl groups excluding tert-OH is 1. The highest BCUT2D eigenvalue weighted by atomic mass is 16.6. The molecular weight excluding hydrogens is 582 g/mol. The van der Waals surface area contributed by atoms with Gasteiger partial charge in [0.15, 0.2) is 0 Å². The Morgan fingerprint density at radius 2 is 0.872 bits per heavy atom. The minimum absolute atomic E-state index is 0.0841. The van der Waals surface area contributed by atoms with E-state index in [9.17, 15) is 5.11 Å². The maximum Gasteiger partial charge on any atom is 0.114 e. The van der Waals surface area contributed by atoms with Crippen molar-refractivity contribution in [3.8, 4) is 0 Å². The number of hydrogen-bond donors (Lipinski definition) is 1. The summed E-state index contributed by atoms with van der Waals surface area (Å²) in [5, 5.41) is 11.9. The van der Waals surface area contributed by atoms with E-state index in [1.54, 1.807) is 0 Å². The summed E-state index contributed by atoms with van der Waals surface area (Å²) in [5.74, 6) is 0. The second kappa shape index (κ2) is 18.7. The third-order valence-electron chi connectivity index (χ3n) is 8.13. The van der Waals surface area contributed by atoms with Gasteiger partial charge in [-0.15, -0.1) is 6.58 Å². The van der Waals surface area contributed by atoms with E-state index in [4.69, 9.17) is 14.2 Å². The first-order valence-corrected chi connectivity index (χ1v) is 16.2. The molecule has 0 unspecified atom stereocenters. The van der Waals surface area contributed by atoms with E-state index >= 15 is 0 Å². The lowest BCUT2D eigenvalue weighted by atomic mass is 9.97. The van der Waals surface area contributed by atoms with Gasteiger partial charge in [0.1, 0.15) is 18.3 Å². The molecule has 47 heavy (non-hydrogen) atoms. The van der Waals surface area contributed by atoms with Crippen molar-refractivity contribution in [1.82, 2.24) is 4.90 Å². The second-order valence-corrected chi connectivity index (χ2v) is 11.7. The average Bonchev–Trinajstić information content (AvgIpc) is 3.13. The van der Waals surface area contributed by atoms with Gasteiger partial charge < -0.3 is 19.3 Å². The minimum Gasteiger partial charge on any atom is -0.388 e. The van der Waals surface area contributed by atoms with E-state index in [1.807, 2.05) is 109 Å². The highest BCUT2D eigenvalue weighted by molar-refractivity contribution is 5.20. The summed E-state index contributed by atoms with van der Waals surface area (Å²) >= 11 is 0. The van der Waals surface area contributed by atoms with Crippen molar-refractivity contribution >= 4 is 0 Å². The summed E-state index contributed by atoms with van der Waals surface area (Å²) in [7, 11) is 0. The zero-order valence-electron chi connectivity index (χ0n) is 26.9. The van der Waals surface area contributed by atoms with Crippen molar-refractivity contribution in [1.29, 1.82) is 0 Å². The molecule has 1 N–H and O–H groups in total. The van der Waals surface area contributed by atoms with Crippen LogP contribution in [0.25, 0.3) is 0 Å². The molecule has 5 heteroatoms. The van der Waals surface area contributed by atoms with Crippen molar-refractivity contribution in [3.05, 3.63) is 192 Å². The molecule has 4 atom stereocenters. The van der Waals surface area contributed by atoms with Crippen LogP contribution in [-0.2, 0) is 47.1 Å². The van der Waals surface area contributed by atoms with Crippen LogP contribution in [0.4, 0.5) is 0 Å². The Kier molecular flexibility index (Phi) is 13.5. The molecule has 0 spiro atoms. The third kappa shape index (κ3) is 10.9. The molecule has 0 bridgehead atoms. The van der Waals surface area contributed by atoms with Crippen molar-refractivity contribution in [2.45, 2.75) is 57.3 Å². The Morgan fingerprint density at radius 1 is 0.511 bits per heavy atom. The number of hydrogen-bond acceptors (Lipinski definition) is 5. The first-order chi connectivity index (χ1) is 23.2. The molecule has 5 rings (SSSR count). The quantitative estimate of drug-likeness (QED) is 0.0941. The molecular formula is C42H45NO4. The summed E-state index contributed by atoms with van der Waals surface area (Å²) in [4.78, 5) is 2.35. The van der Waals surface area contributed by atoms with E-state index in [2.05, 4.69) is 60.0 Å². The first kappa shape index (κ1) is 34.0. The number of nitrogens with zero attached hydrogens (tertiary/aromatic N) is 1. The monoisotopic (exact) mass is 627 g/mol. The van der Waals surface area contributed by atoms with E-state index < -0.39 is 18.3 Å². The summed E-state index contributed by atoms with van der Waals surface area (Å²) in [5.41, 5.74) is 5.43. The molecule has 5 aromatic rings. The lowest BCUT2D eigenvalue weighted by molar-refractivity contribution is -0.163. The molecule has 0 saturated heterocycles. The van der Waals surface area contributed by atoms with Gasteiger partial charge in [0.2, 0.25) is 0 Å². The highest BCUT2D eigenvalue weighted by Crippen LogP contribution is 2.25. The average molecular weight is 628 g/mol. The molecule has 0 aliphatic heterocycles. The number of rotatable bonds is 19. The molecule has 0 radical (unpaired) electrons. The fourth-order valence-corrected chi connectivity index (χ4v) is 5.71. The van der Waals surface area contributed by atoms with Gasteiger partial charge in [-0.2, -0.15) is 0 Å². The number of benzene rings is 5. The van der Waals surface area contributed by atoms with Gasteiger partial charge in [0.05, 0.1) is 32.5 Å². The molecule has 0 heterocycles. The summed E-state index contributed by atoms with van der Waals surface area (Å²) < 4.78 is 19.5. The van der Waals surface area contributed by atoms with Gasteiger partial charge in [-0.1, -0.05) is 158 Å². The maximum absolute atomic E-state index is 11.9. The predicted octanol–water partition coefficient (Wildman–Crippen LogP) is 7.99. The molecule has 0 saturated carbocycles. The highest BCUT2D eigenvalue weighted by Gasteiger charge is 2.38. The topological polar surface area (TPSA) is 51.2 Å². The van der Waals surface area contributed by atoms with Crippen LogP contribution in [0.15, 0.2) is 164 Å². The SMILES string of the molecule is C=C[C@H]([C@@H](OCc1ccccc1)[C@H](OCc1ccccc1)[C@H](O)COCc1ccccc1)N(Cc1ccccc1)Cc1ccccc1. The zero-order chi connectivity index (χ0) is 32.5. The minimum atomic E-state index is -0.971. The third-order valence-corrected chi connectivity index (χ3v) is 8.13. The smallest absolute Gasteiger partial charge is 0.114 e. The second-order valence-electron chi connectivity index (χ2n) is 11.7. The van der Waals surface area contributed by atoms with E-state index in [0.717, 1.165) is 16.7 Å². The van der Waals surface area contributed by atoms with Crippen molar-refractivity contribution in [2.75, 3.05) is 6.61 Å². The predicted molar refractivity (Wildman–Crippen MR) is 188 cm³/mol. The van der Waals surface area contributed by atoms with Gasteiger partial charge in [0, 0.05) is 13.1 Å². The normalized spacial score (nSPS) is 13.9. The van der Waals surface area contributed by atoms with E-state index in [-0.39, 0.29) is 12.6 Å². The van der Waals surface area contributed by atoms with Crippen LogP contribution in [0.2, 0.25) is 0 Å². The van der Waals surface area contributed by atoms with Gasteiger partial charge in [-0.25, -0.2) is 0 Å². The Morgan fingerprint density at radius 3 is 1.28 bits per heavy atom. The summed E-state index contributed by atoms with van der Waals surface area (Å²) in [6.07, 6.45) is -0.357. The molecule has 242 valence electrons. The molecule has 0 fully saturated rings. The van der Waals surface area contributed by atoms with E-state index in [0.29, 0.717) is 32.9 Å². The van der Waals surface area contributed by atoms with Crippen molar-refractivity contribution < 1.29 is 19.3 Å². The van der Waals surface area contributed by atoms with Crippen LogP contribution in [0.5, 0.6) is 0 Å². The maximum atomic E-state index is 11.9. The van der Waals surface area contributed by atoms with Gasteiger partial charge in [-0.3, -0.25) is 4.90 Å². The lowest BCUT2D eigenvalue weighted by Crippen LogP contribution is -2.54. The van der Waals surface area contributed by atoms with Crippen LogP contribution < -0.4 is 0 Å². The van der Waals surface area contributed by atoms with Crippen LogP contribution in [0, 0.1) is 0 Å². The number of ether oxygens (including phenoxy) is 3. The molecule has 5 aromatic carbocycles. The fourth-order valence-electron chi connectivity index (χ4n) is 5.71. The molecule has 0 aliphatic rings. The molecule has 0 amide bonds. The summed E-state index contributed by atoms with van der Waals surface area (Å²) in [6, 6.07) is 50.6. The molecule has 0 aliphatic carbocycles. The largest absolute Gasteiger partial charge is 0.388 e. The lowest BCUT2D eigenvalue weighted by Gasteiger charge is -2.40. The van der Waals surface area contributed by atoms with Crippen molar-refractivity contribution in [3.63, 3.8) is 0 Å². The van der Waals surface area contributed by atoms with Crippen LogP contribution in [-0.4, -0.2) is 41.0 Å². The van der Waals surface area contributed by atoms with Gasteiger partial charge in [0.25, 0.3) is 0 Å². The Balaban J connectivity index is 1.47. The Labute approximate surface area is 279 Å². The van der Waals surface area contributed by atoms with Crippen LogP contribution in [0.3, 0.4) is 0 Å². The standard InChI is InChI=1S/C42H45NO4/c1-2-39(43(28-34-18-8-3-9-19-34)29-35-20-10-4-11-21-35)41(46-31-37-24-14-6-15-25-37)42(47-32-38-26-16-7-17-27-38)40(44)33-45-30-36-22-12-5-13-23-36/h2-27,39-42,44H,1,28-33H2/t39-,40-,41-,42-/m1/s1. The van der Waals surface area contributed by atoms with Crippen LogP contribution >= 0.6 is 0 Å². The first-order valence-electron chi connectivity index (χ1n) is 16.2. The summed E-state index contributed by atoms with van der Waals surface area (Å²) in [6.45, 7) is 6.76.